The lowest BCUT2D eigenvalue weighted by atomic mass is 9.94. The minimum absolute atomic E-state index is 0.205. The van der Waals surface area contributed by atoms with E-state index < -0.39 is 10.0 Å². The van der Waals surface area contributed by atoms with Gasteiger partial charge in [0, 0.05) is 10.2 Å². The molecule has 0 spiro atoms. The predicted octanol–water partition coefficient (Wildman–Crippen LogP) is 4.35. The summed E-state index contributed by atoms with van der Waals surface area (Å²) in [6.45, 7) is 4.07. The number of hydrogen-bond acceptors (Lipinski definition) is 3. The molecule has 2 aromatic rings. The Morgan fingerprint density at radius 2 is 1.83 bits per heavy atom. The molecule has 23 heavy (non-hydrogen) atoms. The number of rotatable bonds is 3. The maximum atomic E-state index is 12.5. The molecule has 0 fully saturated rings. The molecule has 0 saturated heterocycles. The highest BCUT2D eigenvalue weighted by Gasteiger charge is 2.27. The monoisotopic (exact) mass is 395 g/mol. The van der Waals surface area contributed by atoms with Gasteiger partial charge in [-0.1, -0.05) is 15.9 Å². The molecule has 0 atom stereocenters. The summed E-state index contributed by atoms with van der Waals surface area (Å²) in [6, 6.07) is 12.0. The molecule has 1 aliphatic heterocycles. The van der Waals surface area contributed by atoms with Crippen LogP contribution in [0.3, 0.4) is 0 Å². The number of anilines is 1. The van der Waals surface area contributed by atoms with Crippen molar-refractivity contribution in [2.45, 2.75) is 37.2 Å². The Bertz CT molecular complexity index is 829. The summed E-state index contributed by atoms with van der Waals surface area (Å²) in [5, 5.41) is 0. The zero-order chi connectivity index (χ0) is 16.7. The first-order chi connectivity index (χ1) is 10.8. The molecule has 0 amide bonds. The molecule has 0 bridgehead atoms. The summed E-state index contributed by atoms with van der Waals surface area (Å²) < 4.78 is 34.5. The van der Waals surface area contributed by atoms with Crippen LogP contribution in [0.15, 0.2) is 51.8 Å². The lowest BCUT2D eigenvalue weighted by Crippen LogP contribution is -2.32. The number of sulfonamides is 1. The van der Waals surface area contributed by atoms with Crippen molar-refractivity contribution in [3.63, 3.8) is 0 Å². The highest BCUT2D eigenvalue weighted by atomic mass is 79.9. The predicted molar refractivity (Wildman–Crippen MR) is 94.4 cm³/mol. The molecule has 0 aliphatic carbocycles. The zero-order valence-corrected chi connectivity index (χ0v) is 15.4. The number of aryl methyl sites for hydroxylation is 1. The Labute approximate surface area is 145 Å². The molecule has 1 N–H and O–H groups in total. The second-order valence-corrected chi connectivity index (χ2v) is 8.84. The third-order valence-electron chi connectivity index (χ3n) is 3.82. The molecule has 2 aromatic carbocycles. The van der Waals surface area contributed by atoms with Gasteiger partial charge in [-0.3, -0.25) is 4.72 Å². The average Bonchev–Trinajstić information content (AvgIpc) is 2.48. The Hall–Kier alpha value is -1.53. The number of fused-ring (bicyclic) bond motifs is 1. The van der Waals surface area contributed by atoms with Crippen LogP contribution >= 0.6 is 15.9 Å². The van der Waals surface area contributed by atoms with Gasteiger partial charge in [0.05, 0.1) is 4.90 Å². The van der Waals surface area contributed by atoms with Gasteiger partial charge in [-0.15, -0.1) is 0 Å². The fourth-order valence-electron chi connectivity index (χ4n) is 2.53. The first kappa shape index (κ1) is 16.3. The van der Waals surface area contributed by atoms with E-state index in [2.05, 4.69) is 20.7 Å². The Morgan fingerprint density at radius 3 is 2.52 bits per heavy atom. The van der Waals surface area contributed by atoms with Crippen LogP contribution in [0, 0.1) is 0 Å². The quantitative estimate of drug-likeness (QED) is 0.839. The zero-order valence-electron chi connectivity index (χ0n) is 13.0. The highest BCUT2D eigenvalue weighted by molar-refractivity contribution is 9.10. The normalized spacial score (nSPS) is 16.3. The van der Waals surface area contributed by atoms with Gasteiger partial charge in [-0.25, -0.2) is 8.42 Å². The van der Waals surface area contributed by atoms with Gasteiger partial charge in [-0.2, -0.15) is 0 Å². The van der Waals surface area contributed by atoms with Gasteiger partial charge in [-0.05, 0) is 74.7 Å². The van der Waals surface area contributed by atoms with Crippen LogP contribution in [0.1, 0.15) is 25.8 Å². The van der Waals surface area contributed by atoms with Crippen molar-refractivity contribution < 1.29 is 13.2 Å². The van der Waals surface area contributed by atoms with E-state index in [9.17, 15) is 8.42 Å². The Morgan fingerprint density at radius 1 is 1.13 bits per heavy atom. The van der Waals surface area contributed by atoms with Gasteiger partial charge in [0.15, 0.2) is 0 Å². The fourth-order valence-corrected chi connectivity index (χ4v) is 3.91. The lowest BCUT2D eigenvalue weighted by molar-refractivity contribution is 0.0845. The van der Waals surface area contributed by atoms with E-state index in [0.717, 1.165) is 28.6 Å². The Balaban J connectivity index is 1.88. The summed E-state index contributed by atoms with van der Waals surface area (Å²) in [7, 11) is -3.61. The van der Waals surface area contributed by atoms with E-state index in [0.29, 0.717) is 5.69 Å². The summed E-state index contributed by atoms with van der Waals surface area (Å²) in [5.41, 5.74) is 1.26. The van der Waals surface area contributed by atoms with Gasteiger partial charge in [0.2, 0.25) is 0 Å². The minimum atomic E-state index is -3.61. The van der Waals surface area contributed by atoms with Crippen LogP contribution in [0.4, 0.5) is 5.69 Å². The van der Waals surface area contributed by atoms with Crippen molar-refractivity contribution >= 4 is 31.6 Å². The summed E-state index contributed by atoms with van der Waals surface area (Å²) in [5.74, 6) is 0.767. The summed E-state index contributed by atoms with van der Waals surface area (Å²) in [6.07, 6.45) is 1.67. The molecule has 0 saturated carbocycles. The number of hydrogen-bond donors (Lipinski definition) is 1. The molecule has 1 heterocycles. The topological polar surface area (TPSA) is 55.4 Å². The maximum absolute atomic E-state index is 12.5. The summed E-state index contributed by atoms with van der Waals surface area (Å²) >= 11 is 3.33. The maximum Gasteiger partial charge on any atom is 0.261 e. The van der Waals surface area contributed by atoms with Crippen molar-refractivity contribution in [3.8, 4) is 5.75 Å². The third kappa shape index (κ3) is 3.70. The first-order valence-electron chi connectivity index (χ1n) is 7.36. The second kappa shape index (κ2) is 5.83. The molecule has 0 unspecified atom stereocenters. The van der Waals surface area contributed by atoms with Crippen molar-refractivity contribution in [2.24, 2.45) is 0 Å². The lowest BCUT2D eigenvalue weighted by Gasteiger charge is -2.32. The number of halogens is 1. The van der Waals surface area contributed by atoms with E-state index >= 15 is 0 Å². The molecule has 0 radical (unpaired) electrons. The number of nitrogens with one attached hydrogen (secondary N) is 1. The van der Waals surface area contributed by atoms with Crippen molar-refractivity contribution in [3.05, 3.63) is 52.5 Å². The summed E-state index contributed by atoms with van der Waals surface area (Å²) in [4.78, 5) is 0.252. The van der Waals surface area contributed by atoms with E-state index in [-0.39, 0.29) is 10.5 Å². The fraction of sp³-hybridized carbons (Fsp3) is 0.294. The molecule has 4 nitrogen and oxygen atoms in total. The molecule has 122 valence electrons. The van der Waals surface area contributed by atoms with Gasteiger partial charge in [0.1, 0.15) is 11.4 Å². The minimum Gasteiger partial charge on any atom is -0.488 e. The van der Waals surface area contributed by atoms with Crippen molar-refractivity contribution in [2.75, 3.05) is 4.72 Å². The van der Waals surface area contributed by atoms with Crippen LogP contribution in [-0.4, -0.2) is 14.0 Å². The largest absolute Gasteiger partial charge is 0.488 e. The SMILES string of the molecule is CC1(C)CCc2cc(S(=O)(=O)Nc3ccc(Br)cc3)ccc2O1. The van der Waals surface area contributed by atoms with Crippen LogP contribution < -0.4 is 9.46 Å². The van der Waals surface area contributed by atoms with E-state index in [1.165, 1.54) is 0 Å². The smallest absolute Gasteiger partial charge is 0.261 e. The molecule has 6 heteroatoms. The number of benzene rings is 2. The molecule has 0 aromatic heterocycles. The third-order valence-corrected chi connectivity index (χ3v) is 5.73. The van der Waals surface area contributed by atoms with Crippen molar-refractivity contribution in [1.29, 1.82) is 0 Å². The second-order valence-electron chi connectivity index (χ2n) is 6.24. The van der Waals surface area contributed by atoms with Crippen LogP contribution in [0.5, 0.6) is 5.75 Å². The molecule has 3 rings (SSSR count). The van der Waals surface area contributed by atoms with Crippen LogP contribution in [-0.2, 0) is 16.4 Å². The van der Waals surface area contributed by atoms with Crippen LogP contribution in [0.2, 0.25) is 0 Å². The Kier molecular flexibility index (Phi) is 4.14. The highest BCUT2D eigenvalue weighted by Crippen LogP contribution is 2.34. The molecular formula is C17H18BrNO3S. The van der Waals surface area contributed by atoms with E-state index in [1.54, 1.807) is 42.5 Å². The molecular weight excluding hydrogens is 378 g/mol. The van der Waals surface area contributed by atoms with Crippen LogP contribution in [0.25, 0.3) is 0 Å². The first-order valence-corrected chi connectivity index (χ1v) is 9.63. The average molecular weight is 396 g/mol. The van der Waals surface area contributed by atoms with Gasteiger partial charge in [0.25, 0.3) is 10.0 Å². The van der Waals surface area contributed by atoms with Gasteiger partial charge < -0.3 is 4.74 Å². The number of ether oxygens (including phenoxy) is 1. The standard InChI is InChI=1S/C17H18BrNO3S/c1-17(2)10-9-12-11-15(7-8-16(12)22-17)23(20,21)19-14-5-3-13(18)4-6-14/h3-8,11,19H,9-10H2,1-2H3. The van der Waals surface area contributed by atoms with Gasteiger partial charge >= 0.3 is 0 Å². The molecule has 1 aliphatic rings. The van der Waals surface area contributed by atoms with E-state index in [4.69, 9.17) is 4.74 Å². The van der Waals surface area contributed by atoms with E-state index in [1.807, 2.05) is 13.8 Å². The van der Waals surface area contributed by atoms with Crippen molar-refractivity contribution in [1.82, 2.24) is 0 Å².